The molecule has 78 valence electrons. The van der Waals surface area contributed by atoms with Gasteiger partial charge in [-0.2, -0.15) is 0 Å². The van der Waals surface area contributed by atoms with Crippen molar-refractivity contribution in [2.75, 3.05) is 20.3 Å². The summed E-state index contributed by atoms with van der Waals surface area (Å²) in [6, 6.07) is 5.52. The van der Waals surface area contributed by atoms with Crippen molar-refractivity contribution in [3.63, 3.8) is 0 Å². The van der Waals surface area contributed by atoms with Crippen molar-refractivity contribution in [3.8, 4) is 11.5 Å². The minimum atomic E-state index is 0.242. The summed E-state index contributed by atoms with van der Waals surface area (Å²) in [5.41, 5.74) is 0.903. The van der Waals surface area contributed by atoms with Crippen LogP contribution in [0.4, 0.5) is 0 Å². The van der Waals surface area contributed by atoms with E-state index in [4.69, 9.17) is 9.47 Å². The fourth-order valence-electron chi connectivity index (χ4n) is 1.20. The Morgan fingerprint density at radius 2 is 2.07 bits per heavy atom. The number of para-hydroxylation sites is 1. The lowest BCUT2D eigenvalue weighted by atomic mass is 10.1. The van der Waals surface area contributed by atoms with Gasteiger partial charge in [0.2, 0.25) is 0 Å². The van der Waals surface area contributed by atoms with E-state index in [0.717, 1.165) is 12.0 Å². The third-order valence-corrected chi connectivity index (χ3v) is 2.01. The van der Waals surface area contributed by atoms with E-state index < -0.39 is 0 Å². The third-order valence-electron chi connectivity index (χ3n) is 2.01. The Bertz CT molecular complexity index is 284. The SMILES string of the molecule is CCc1cccc(OCCOC)c1O. The molecule has 1 rings (SSSR count). The van der Waals surface area contributed by atoms with E-state index in [2.05, 4.69) is 0 Å². The van der Waals surface area contributed by atoms with Crippen LogP contribution in [0.15, 0.2) is 18.2 Å². The van der Waals surface area contributed by atoms with Crippen molar-refractivity contribution in [2.45, 2.75) is 13.3 Å². The summed E-state index contributed by atoms with van der Waals surface area (Å²) in [7, 11) is 1.62. The molecule has 0 aliphatic heterocycles. The summed E-state index contributed by atoms with van der Waals surface area (Å²) in [6.45, 7) is 2.97. The van der Waals surface area contributed by atoms with Gasteiger partial charge in [0, 0.05) is 7.11 Å². The smallest absolute Gasteiger partial charge is 0.161 e. The zero-order chi connectivity index (χ0) is 10.4. The largest absolute Gasteiger partial charge is 0.504 e. The second-order valence-corrected chi connectivity index (χ2v) is 2.96. The van der Waals surface area contributed by atoms with Crippen LogP contribution in [0.3, 0.4) is 0 Å². The van der Waals surface area contributed by atoms with E-state index in [9.17, 15) is 5.11 Å². The second kappa shape index (κ2) is 5.50. The maximum Gasteiger partial charge on any atom is 0.161 e. The van der Waals surface area contributed by atoms with Gasteiger partial charge in [-0.3, -0.25) is 0 Å². The monoisotopic (exact) mass is 196 g/mol. The van der Waals surface area contributed by atoms with E-state index in [1.54, 1.807) is 13.2 Å². The van der Waals surface area contributed by atoms with Crippen LogP contribution in [0, 0.1) is 0 Å². The highest BCUT2D eigenvalue weighted by Crippen LogP contribution is 2.29. The van der Waals surface area contributed by atoms with Crippen LogP contribution < -0.4 is 4.74 Å². The molecule has 0 amide bonds. The van der Waals surface area contributed by atoms with Crippen LogP contribution >= 0.6 is 0 Å². The third kappa shape index (κ3) is 2.64. The first-order valence-corrected chi connectivity index (χ1v) is 4.72. The number of aryl methyl sites for hydroxylation is 1. The van der Waals surface area contributed by atoms with Crippen molar-refractivity contribution < 1.29 is 14.6 Å². The van der Waals surface area contributed by atoms with Gasteiger partial charge < -0.3 is 14.6 Å². The van der Waals surface area contributed by atoms with Crippen molar-refractivity contribution in [2.24, 2.45) is 0 Å². The summed E-state index contributed by atoms with van der Waals surface area (Å²) in [6.07, 6.45) is 0.799. The predicted octanol–water partition coefficient (Wildman–Crippen LogP) is 1.98. The number of hydrogen-bond donors (Lipinski definition) is 1. The molecule has 1 N–H and O–H groups in total. The van der Waals surface area contributed by atoms with Crippen LogP contribution in [0.5, 0.6) is 11.5 Å². The van der Waals surface area contributed by atoms with E-state index in [1.807, 2.05) is 19.1 Å². The van der Waals surface area contributed by atoms with Crippen LogP contribution in [-0.2, 0) is 11.2 Å². The molecule has 0 aliphatic carbocycles. The zero-order valence-electron chi connectivity index (χ0n) is 8.62. The topological polar surface area (TPSA) is 38.7 Å². The average Bonchev–Trinajstić information content (AvgIpc) is 2.21. The standard InChI is InChI=1S/C11H16O3/c1-3-9-5-4-6-10(11(9)12)14-8-7-13-2/h4-6,12H,3,7-8H2,1-2H3. The number of aromatic hydroxyl groups is 1. The first kappa shape index (κ1) is 10.9. The molecule has 0 saturated heterocycles. The van der Waals surface area contributed by atoms with Crippen molar-refractivity contribution >= 4 is 0 Å². The molecule has 0 spiro atoms. The molecule has 1 aromatic rings. The van der Waals surface area contributed by atoms with Gasteiger partial charge in [0.1, 0.15) is 6.61 Å². The molecule has 1 aromatic carbocycles. The quantitative estimate of drug-likeness (QED) is 0.732. The number of phenolic OH excluding ortho intramolecular Hbond substituents is 1. The van der Waals surface area contributed by atoms with Crippen LogP contribution in [-0.4, -0.2) is 25.4 Å². The average molecular weight is 196 g/mol. The number of methoxy groups -OCH3 is 1. The highest BCUT2D eigenvalue weighted by atomic mass is 16.5. The molecule has 0 bridgehead atoms. The molecule has 0 radical (unpaired) electrons. The molecule has 3 heteroatoms. The second-order valence-electron chi connectivity index (χ2n) is 2.96. The molecule has 0 atom stereocenters. The maximum atomic E-state index is 9.72. The van der Waals surface area contributed by atoms with Gasteiger partial charge in [0.15, 0.2) is 11.5 Å². The number of benzene rings is 1. The molecule has 0 unspecified atom stereocenters. The van der Waals surface area contributed by atoms with E-state index in [-0.39, 0.29) is 5.75 Å². The number of ether oxygens (including phenoxy) is 2. The predicted molar refractivity (Wildman–Crippen MR) is 54.9 cm³/mol. The summed E-state index contributed by atoms with van der Waals surface area (Å²) >= 11 is 0. The lowest BCUT2D eigenvalue weighted by Crippen LogP contribution is -2.04. The number of rotatable bonds is 5. The Morgan fingerprint density at radius 1 is 1.29 bits per heavy atom. The lowest BCUT2D eigenvalue weighted by molar-refractivity contribution is 0.144. The fourth-order valence-corrected chi connectivity index (χ4v) is 1.20. The van der Waals surface area contributed by atoms with Gasteiger partial charge in [-0.1, -0.05) is 19.1 Å². The molecule has 3 nitrogen and oxygen atoms in total. The normalized spacial score (nSPS) is 10.1. The highest BCUT2D eigenvalue weighted by Gasteiger charge is 2.05. The summed E-state index contributed by atoms with van der Waals surface area (Å²) in [4.78, 5) is 0. The highest BCUT2D eigenvalue weighted by molar-refractivity contribution is 5.45. The van der Waals surface area contributed by atoms with Gasteiger partial charge in [0.05, 0.1) is 6.61 Å². The Balaban J connectivity index is 2.66. The number of hydrogen-bond acceptors (Lipinski definition) is 3. The van der Waals surface area contributed by atoms with Crippen LogP contribution in [0.2, 0.25) is 0 Å². The first-order valence-electron chi connectivity index (χ1n) is 4.72. The summed E-state index contributed by atoms with van der Waals surface area (Å²) in [5.74, 6) is 0.771. The molecule has 0 saturated carbocycles. The molecular formula is C11H16O3. The summed E-state index contributed by atoms with van der Waals surface area (Å²) < 4.78 is 10.2. The zero-order valence-corrected chi connectivity index (χ0v) is 8.62. The fraction of sp³-hybridized carbons (Fsp3) is 0.455. The van der Waals surface area contributed by atoms with Gasteiger partial charge in [0.25, 0.3) is 0 Å². The first-order chi connectivity index (χ1) is 6.79. The van der Waals surface area contributed by atoms with Gasteiger partial charge >= 0.3 is 0 Å². The molecule has 0 aromatic heterocycles. The number of phenols is 1. The van der Waals surface area contributed by atoms with E-state index >= 15 is 0 Å². The molecule has 0 heterocycles. The van der Waals surface area contributed by atoms with Crippen LogP contribution in [0.1, 0.15) is 12.5 Å². The minimum absolute atomic E-state index is 0.242. The van der Waals surface area contributed by atoms with Gasteiger partial charge in [-0.05, 0) is 18.1 Å². The van der Waals surface area contributed by atoms with E-state index in [0.29, 0.717) is 19.0 Å². The molecule has 0 aliphatic rings. The van der Waals surface area contributed by atoms with Crippen LogP contribution in [0.25, 0.3) is 0 Å². The Kier molecular flexibility index (Phi) is 4.26. The van der Waals surface area contributed by atoms with Crippen molar-refractivity contribution in [1.82, 2.24) is 0 Å². The van der Waals surface area contributed by atoms with Crippen molar-refractivity contribution in [1.29, 1.82) is 0 Å². The summed E-state index contributed by atoms with van der Waals surface area (Å²) in [5, 5.41) is 9.72. The van der Waals surface area contributed by atoms with Gasteiger partial charge in [-0.15, -0.1) is 0 Å². The molecule has 14 heavy (non-hydrogen) atoms. The Labute approximate surface area is 84.3 Å². The molecule has 0 fully saturated rings. The lowest BCUT2D eigenvalue weighted by Gasteiger charge is -2.09. The maximum absolute atomic E-state index is 9.72. The Morgan fingerprint density at radius 3 is 2.71 bits per heavy atom. The van der Waals surface area contributed by atoms with Crippen molar-refractivity contribution in [3.05, 3.63) is 23.8 Å². The minimum Gasteiger partial charge on any atom is -0.504 e. The Hall–Kier alpha value is -1.22. The van der Waals surface area contributed by atoms with Gasteiger partial charge in [-0.25, -0.2) is 0 Å². The van der Waals surface area contributed by atoms with E-state index in [1.165, 1.54) is 0 Å². The molecular weight excluding hydrogens is 180 g/mol.